The Labute approximate surface area is 195 Å². The Balaban J connectivity index is 1.83. The largest absolute Gasteiger partial charge is 0.307 e. The summed E-state index contributed by atoms with van der Waals surface area (Å²) in [5, 5.41) is 4.93. The molecule has 0 fully saturated rings. The van der Waals surface area contributed by atoms with Gasteiger partial charge in [-0.2, -0.15) is 0 Å². The van der Waals surface area contributed by atoms with Crippen molar-refractivity contribution < 1.29 is 0 Å². The molecule has 0 aliphatic rings. The van der Waals surface area contributed by atoms with Crippen LogP contribution in [-0.2, 0) is 0 Å². The highest BCUT2D eigenvalue weighted by Crippen LogP contribution is 2.38. The van der Waals surface area contributed by atoms with E-state index in [4.69, 9.17) is 4.98 Å². The highest BCUT2D eigenvalue weighted by molar-refractivity contribution is 6.18. The fraction of sp³-hybridized carbons (Fsp3) is 0. The van der Waals surface area contributed by atoms with Crippen LogP contribution < -0.4 is 0 Å². The Morgan fingerprint density at radius 1 is 0.412 bits per heavy atom. The van der Waals surface area contributed by atoms with Crippen molar-refractivity contribution >= 4 is 54.6 Å². The zero-order chi connectivity index (χ0) is 22.2. The summed E-state index contributed by atoms with van der Waals surface area (Å²) >= 11 is 0. The van der Waals surface area contributed by atoms with Crippen LogP contribution in [0.25, 0.3) is 66.0 Å². The predicted molar refractivity (Wildman–Crippen MR) is 142 cm³/mol. The minimum absolute atomic E-state index is 0.965. The Kier molecular flexibility index (Phi) is 3.39. The van der Waals surface area contributed by atoms with Gasteiger partial charge in [-0.05, 0) is 24.3 Å². The molecule has 0 saturated heterocycles. The first-order chi connectivity index (χ1) is 16.9. The zero-order valence-electron chi connectivity index (χ0n) is 18.3. The number of nitrogens with zero attached hydrogens (tertiary/aromatic N) is 3. The van der Waals surface area contributed by atoms with Gasteiger partial charge in [-0.1, -0.05) is 91.0 Å². The number of para-hydroxylation sites is 4. The number of aromatic nitrogens is 3. The summed E-state index contributed by atoms with van der Waals surface area (Å²) in [7, 11) is 0. The van der Waals surface area contributed by atoms with Crippen LogP contribution in [0.3, 0.4) is 0 Å². The molecule has 0 N–H and O–H groups in total. The quantitative estimate of drug-likeness (QED) is 0.258. The van der Waals surface area contributed by atoms with Gasteiger partial charge in [-0.3, -0.25) is 4.40 Å². The molecule has 3 nitrogen and oxygen atoms in total. The first-order valence-electron chi connectivity index (χ1n) is 11.6. The molecule has 3 heteroatoms. The van der Waals surface area contributed by atoms with E-state index in [-0.39, 0.29) is 0 Å². The molecule has 3 heterocycles. The molecule has 8 aromatic rings. The maximum atomic E-state index is 5.18. The van der Waals surface area contributed by atoms with Gasteiger partial charge in [0.05, 0.1) is 33.1 Å². The Morgan fingerprint density at radius 3 is 1.71 bits per heavy atom. The maximum Gasteiger partial charge on any atom is 0.145 e. The van der Waals surface area contributed by atoms with Gasteiger partial charge >= 0.3 is 0 Å². The highest BCUT2D eigenvalue weighted by atomic mass is 15.0. The van der Waals surface area contributed by atoms with Crippen molar-refractivity contribution in [3.63, 3.8) is 0 Å². The van der Waals surface area contributed by atoms with E-state index in [0.29, 0.717) is 0 Å². The molecule has 0 spiro atoms. The van der Waals surface area contributed by atoms with E-state index in [0.717, 1.165) is 27.9 Å². The summed E-state index contributed by atoms with van der Waals surface area (Å²) in [4.78, 5) is 5.18. The first-order valence-corrected chi connectivity index (χ1v) is 11.6. The van der Waals surface area contributed by atoms with E-state index < -0.39 is 0 Å². The number of benzene rings is 5. The van der Waals surface area contributed by atoms with E-state index in [9.17, 15) is 0 Å². The van der Waals surface area contributed by atoms with Crippen molar-refractivity contribution in [3.8, 4) is 11.4 Å². The van der Waals surface area contributed by atoms with Crippen molar-refractivity contribution in [2.24, 2.45) is 0 Å². The molecule has 0 aliphatic carbocycles. The van der Waals surface area contributed by atoms with Gasteiger partial charge in [0.2, 0.25) is 0 Å². The number of hydrogen-bond acceptors (Lipinski definition) is 1. The standard InChI is InChI=1S/C31H19N3/c1-2-10-20(11-3-1)31-32-25-16-8-14-23-21-12-4-6-17-26(21)33-27-18-7-5-13-22(27)24-15-9-19-28(30(24)33)34(31)29(23)25/h1-19H. The predicted octanol–water partition coefficient (Wildman–Crippen LogP) is 7.87. The van der Waals surface area contributed by atoms with Gasteiger partial charge in [0.15, 0.2) is 0 Å². The molecular formula is C31H19N3. The monoisotopic (exact) mass is 433 g/mol. The second kappa shape index (κ2) is 6.46. The Hall–Kier alpha value is -4.63. The summed E-state index contributed by atoms with van der Waals surface area (Å²) in [5.74, 6) is 0.965. The van der Waals surface area contributed by atoms with E-state index >= 15 is 0 Å². The van der Waals surface area contributed by atoms with Crippen LogP contribution in [0, 0.1) is 0 Å². The summed E-state index contributed by atoms with van der Waals surface area (Å²) < 4.78 is 4.81. The first kappa shape index (κ1) is 17.9. The van der Waals surface area contributed by atoms with Gasteiger partial charge in [0, 0.05) is 27.1 Å². The van der Waals surface area contributed by atoms with Crippen molar-refractivity contribution in [2.75, 3.05) is 0 Å². The van der Waals surface area contributed by atoms with Crippen molar-refractivity contribution in [3.05, 3.63) is 115 Å². The lowest BCUT2D eigenvalue weighted by Crippen LogP contribution is -1.95. The molecule has 5 aromatic carbocycles. The van der Waals surface area contributed by atoms with Gasteiger partial charge < -0.3 is 4.40 Å². The van der Waals surface area contributed by atoms with Crippen LogP contribution in [0.5, 0.6) is 0 Å². The molecule has 0 amide bonds. The minimum Gasteiger partial charge on any atom is -0.307 e. The van der Waals surface area contributed by atoms with Crippen LogP contribution in [0.1, 0.15) is 0 Å². The van der Waals surface area contributed by atoms with Crippen LogP contribution in [0.4, 0.5) is 0 Å². The number of rotatable bonds is 1. The Morgan fingerprint density at radius 2 is 0.971 bits per heavy atom. The molecular weight excluding hydrogens is 414 g/mol. The van der Waals surface area contributed by atoms with Crippen LogP contribution in [0.2, 0.25) is 0 Å². The Bertz CT molecular complexity index is 2060. The maximum absolute atomic E-state index is 5.18. The molecule has 0 radical (unpaired) electrons. The van der Waals surface area contributed by atoms with Gasteiger partial charge in [0.1, 0.15) is 5.82 Å². The van der Waals surface area contributed by atoms with Crippen molar-refractivity contribution in [1.29, 1.82) is 0 Å². The lowest BCUT2D eigenvalue weighted by molar-refractivity contribution is 1.21. The molecule has 0 atom stereocenters. The van der Waals surface area contributed by atoms with Gasteiger partial charge in [0.25, 0.3) is 0 Å². The van der Waals surface area contributed by atoms with Crippen LogP contribution in [-0.4, -0.2) is 13.8 Å². The average molecular weight is 434 g/mol. The summed E-state index contributed by atoms with van der Waals surface area (Å²) in [6.07, 6.45) is 0. The van der Waals surface area contributed by atoms with Gasteiger partial charge in [-0.25, -0.2) is 4.98 Å². The fourth-order valence-corrected chi connectivity index (χ4v) is 5.69. The summed E-state index contributed by atoms with van der Waals surface area (Å²) in [6.45, 7) is 0. The highest BCUT2D eigenvalue weighted by Gasteiger charge is 2.19. The molecule has 0 bridgehead atoms. The number of imidazole rings is 1. The lowest BCUT2D eigenvalue weighted by Gasteiger charge is -2.11. The third-order valence-corrected chi connectivity index (χ3v) is 7.06. The smallest absolute Gasteiger partial charge is 0.145 e. The normalized spacial score (nSPS) is 12.1. The molecule has 158 valence electrons. The molecule has 0 saturated carbocycles. The fourth-order valence-electron chi connectivity index (χ4n) is 5.69. The van der Waals surface area contributed by atoms with Crippen molar-refractivity contribution in [1.82, 2.24) is 13.8 Å². The van der Waals surface area contributed by atoms with Crippen LogP contribution in [0.15, 0.2) is 115 Å². The second-order valence-electron chi connectivity index (χ2n) is 8.85. The number of fused-ring (bicyclic) bond motifs is 7. The summed E-state index contributed by atoms with van der Waals surface area (Å²) in [5.41, 5.74) is 8.04. The van der Waals surface area contributed by atoms with E-state index in [1.807, 2.05) is 0 Å². The van der Waals surface area contributed by atoms with E-state index in [1.165, 1.54) is 38.1 Å². The van der Waals surface area contributed by atoms with Crippen molar-refractivity contribution in [2.45, 2.75) is 0 Å². The van der Waals surface area contributed by atoms with E-state index in [1.54, 1.807) is 0 Å². The number of hydrogen-bond donors (Lipinski definition) is 0. The molecule has 34 heavy (non-hydrogen) atoms. The van der Waals surface area contributed by atoms with E-state index in [2.05, 4.69) is 124 Å². The van der Waals surface area contributed by atoms with Crippen LogP contribution >= 0.6 is 0 Å². The lowest BCUT2D eigenvalue weighted by atomic mass is 10.1. The molecule has 0 aliphatic heterocycles. The topological polar surface area (TPSA) is 21.7 Å². The third kappa shape index (κ3) is 2.18. The van der Waals surface area contributed by atoms with Gasteiger partial charge in [-0.15, -0.1) is 0 Å². The third-order valence-electron chi connectivity index (χ3n) is 7.06. The zero-order valence-corrected chi connectivity index (χ0v) is 18.3. The molecule has 8 rings (SSSR count). The second-order valence-corrected chi connectivity index (χ2v) is 8.85. The SMILES string of the molecule is c1ccc(-c2nc3cccc4c5ccccc5n5c6ccccc6c6cccc(c65)n2c34)cc1. The minimum atomic E-state index is 0.965. The molecule has 0 unspecified atom stereocenters. The average Bonchev–Trinajstić information content (AvgIpc) is 3.45. The summed E-state index contributed by atoms with van der Waals surface area (Å²) in [6, 6.07) is 41.1. The molecule has 3 aromatic heterocycles.